The maximum atomic E-state index is 10.7. The van der Waals surface area contributed by atoms with Gasteiger partial charge in [0.1, 0.15) is 49.3 Å². The highest BCUT2D eigenvalue weighted by atomic mass is 16.8. The van der Waals surface area contributed by atoms with Gasteiger partial charge in [-0.25, -0.2) is 0 Å². The average molecular weight is 476 g/mol. The molecule has 3 heterocycles. The Morgan fingerprint density at radius 2 is 1.82 bits per heavy atom. The van der Waals surface area contributed by atoms with Gasteiger partial charge in [0.15, 0.2) is 24.1 Å². The molecule has 0 aliphatic carbocycles. The Hall–Kier alpha value is -1.62. The lowest BCUT2D eigenvalue weighted by atomic mass is 9.97. The van der Waals surface area contributed by atoms with Gasteiger partial charge in [-0.1, -0.05) is 6.07 Å². The number of benzene rings is 1. The fraction of sp³-hybridized carbons (Fsp3) is 0.700. The number of phenolic OH excluding ortho intramolecular Hbond substituents is 1. The third-order valence-corrected chi connectivity index (χ3v) is 6.06. The number of para-hydroxylation sites is 1. The summed E-state index contributed by atoms with van der Waals surface area (Å²) in [7, 11) is 1.39. The van der Waals surface area contributed by atoms with E-state index in [4.69, 9.17) is 28.4 Å². The second kappa shape index (κ2) is 9.56. The standard InChI is InChI=1S/C20H28O13/c1-28-9-4-2-3-8(12(9)23)18-29-6-11-16(31-18)14(25)15(26)19(30-11)33-20(7-22)17(27)13(24)10(5-21)32-20/h2-4,10-11,13-19,21-27H,5-7H2,1H3/t10-,11-,13-,14-,15-,16-,17+,18-,19-,20+/m1/s1. The van der Waals surface area contributed by atoms with Crippen LogP contribution in [-0.4, -0.2) is 117 Å². The fourth-order valence-electron chi connectivity index (χ4n) is 4.19. The predicted molar refractivity (Wildman–Crippen MR) is 104 cm³/mol. The zero-order valence-electron chi connectivity index (χ0n) is 17.6. The van der Waals surface area contributed by atoms with Gasteiger partial charge in [0.2, 0.25) is 5.79 Å². The van der Waals surface area contributed by atoms with Crippen LogP contribution >= 0.6 is 0 Å². The third kappa shape index (κ3) is 4.19. The molecule has 0 unspecified atom stereocenters. The average Bonchev–Trinajstić information content (AvgIpc) is 3.07. The highest BCUT2D eigenvalue weighted by Crippen LogP contribution is 2.41. The number of hydrogen-bond donors (Lipinski definition) is 7. The molecule has 0 aromatic heterocycles. The van der Waals surface area contributed by atoms with Crippen LogP contribution in [0.4, 0.5) is 0 Å². The maximum Gasteiger partial charge on any atom is 0.224 e. The second-order valence-corrected chi connectivity index (χ2v) is 8.05. The van der Waals surface area contributed by atoms with Crippen LogP contribution in [0.15, 0.2) is 18.2 Å². The summed E-state index contributed by atoms with van der Waals surface area (Å²) in [6, 6.07) is 4.71. The van der Waals surface area contributed by atoms with E-state index >= 15 is 0 Å². The number of aliphatic hydroxyl groups is 6. The molecule has 3 aliphatic heterocycles. The van der Waals surface area contributed by atoms with Crippen molar-refractivity contribution in [3.8, 4) is 11.5 Å². The van der Waals surface area contributed by atoms with Crippen molar-refractivity contribution in [2.24, 2.45) is 0 Å². The molecule has 13 heteroatoms. The minimum atomic E-state index is -2.21. The molecule has 3 aliphatic rings. The van der Waals surface area contributed by atoms with Crippen LogP contribution in [0.1, 0.15) is 11.9 Å². The van der Waals surface area contributed by atoms with Gasteiger partial charge in [-0.05, 0) is 12.1 Å². The van der Waals surface area contributed by atoms with Crippen LogP contribution < -0.4 is 4.74 Å². The molecular formula is C20H28O13. The summed E-state index contributed by atoms with van der Waals surface area (Å²) in [6.07, 6.45) is -12.6. The lowest BCUT2D eigenvalue weighted by Crippen LogP contribution is -2.64. The summed E-state index contributed by atoms with van der Waals surface area (Å²) >= 11 is 0. The van der Waals surface area contributed by atoms with E-state index < -0.39 is 74.3 Å². The number of phenols is 1. The Labute approximate surface area is 188 Å². The molecule has 4 rings (SSSR count). The first-order valence-electron chi connectivity index (χ1n) is 10.3. The molecule has 0 amide bonds. The maximum absolute atomic E-state index is 10.7. The number of aromatic hydroxyl groups is 1. The van der Waals surface area contributed by atoms with Gasteiger partial charge in [-0.2, -0.15) is 0 Å². The number of rotatable bonds is 6. The zero-order valence-corrected chi connectivity index (χ0v) is 17.6. The van der Waals surface area contributed by atoms with Gasteiger partial charge in [0.25, 0.3) is 0 Å². The number of aliphatic hydroxyl groups excluding tert-OH is 6. The number of hydrogen-bond acceptors (Lipinski definition) is 13. The van der Waals surface area contributed by atoms with E-state index in [1.54, 1.807) is 18.2 Å². The summed E-state index contributed by atoms with van der Waals surface area (Å²) in [4.78, 5) is 0. The van der Waals surface area contributed by atoms with Crippen LogP contribution in [-0.2, 0) is 23.7 Å². The van der Waals surface area contributed by atoms with Crippen molar-refractivity contribution in [2.45, 2.75) is 61.1 Å². The molecule has 10 atom stereocenters. The van der Waals surface area contributed by atoms with E-state index in [9.17, 15) is 35.7 Å². The predicted octanol–water partition coefficient (Wildman–Crippen LogP) is -2.92. The Kier molecular flexibility index (Phi) is 7.10. The molecule has 1 aromatic rings. The molecule has 13 nitrogen and oxygen atoms in total. The van der Waals surface area contributed by atoms with Crippen LogP contribution in [0, 0.1) is 0 Å². The molecule has 7 N–H and O–H groups in total. The van der Waals surface area contributed by atoms with Crippen molar-refractivity contribution in [1.82, 2.24) is 0 Å². The van der Waals surface area contributed by atoms with Crippen molar-refractivity contribution in [3.05, 3.63) is 23.8 Å². The van der Waals surface area contributed by atoms with Crippen LogP contribution in [0.5, 0.6) is 11.5 Å². The molecule has 0 radical (unpaired) electrons. The summed E-state index contributed by atoms with van der Waals surface area (Å²) < 4.78 is 32.9. The summed E-state index contributed by atoms with van der Waals surface area (Å²) in [5, 5.41) is 71.0. The monoisotopic (exact) mass is 476 g/mol. The van der Waals surface area contributed by atoms with Gasteiger partial charge in [-0.3, -0.25) is 0 Å². The summed E-state index contributed by atoms with van der Waals surface area (Å²) in [5.41, 5.74) is 0.249. The molecule has 0 bridgehead atoms. The Bertz CT molecular complexity index is 821. The zero-order chi connectivity index (χ0) is 23.9. The highest BCUT2D eigenvalue weighted by Gasteiger charge is 2.59. The van der Waals surface area contributed by atoms with Crippen molar-refractivity contribution in [3.63, 3.8) is 0 Å². The number of methoxy groups -OCH3 is 1. The van der Waals surface area contributed by atoms with Crippen molar-refractivity contribution >= 4 is 0 Å². The smallest absolute Gasteiger partial charge is 0.224 e. The van der Waals surface area contributed by atoms with E-state index in [1.165, 1.54) is 7.11 Å². The van der Waals surface area contributed by atoms with Crippen molar-refractivity contribution in [1.29, 1.82) is 0 Å². The van der Waals surface area contributed by atoms with E-state index in [0.29, 0.717) is 0 Å². The molecule has 1 aromatic carbocycles. The Morgan fingerprint density at radius 1 is 1.06 bits per heavy atom. The number of fused-ring (bicyclic) bond motifs is 1. The molecule has 33 heavy (non-hydrogen) atoms. The summed E-state index contributed by atoms with van der Waals surface area (Å²) in [5.74, 6) is -2.22. The first-order chi connectivity index (χ1) is 15.8. The van der Waals surface area contributed by atoms with Crippen LogP contribution in [0.25, 0.3) is 0 Å². The largest absolute Gasteiger partial charge is 0.504 e. The van der Waals surface area contributed by atoms with E-state index in [0.717, 1.165) is 0 Å². The fourth-order valence-corrected chi connectivity index (χ4v) is 4.19. The third-order valence-electron chi connectivity index (χ3n) is 6.06. The SMILES string of the molecule is COc1cccc([C@@H]2OC[C@H]3O[C@H](O[C@]4(CO)O[C@H](CO)[C@@H](O)[C@@H]4O)[C@H](O)[C@@H](O)[C@@H]3O2)c1O. The number of ether oxygens (including phenoxy) is 6. The van der Waals surface area contributed by atoms with E-state index in [1.807, 2.05) is 0 Å². The van der Waals surface area contributed by atoms with Gasteiger partial charge in [0, 0.05) is 0 Å². The van der Waals surface area contributed by atoms with Crippen molar-refractivity contribution < 1.29 is 64.2 Å². The summed E-state index contributed by atoms with van der Waals surface area (Å²) in [6.45, 7) is -1.74. The quantitative estimate of drug-likeness (QED) is 0.221. The topological polar surface area (TPSA) is 197 Å². The second-order valence-electron chi connectivity index (χ2n) is 8.05. The molecule has 0 spiro atoms. The minimum absolute atomic E-state index is 0.132. The van der Waals surface area contributed by atoms with Gasteiger partial charge < -0.3 is 64.2 Å². The van der Waals surface area contributed by atoms with E-state index in [-0.39, 0.29) is 23.7 Å². The minimum Gasteiger partial charge on any atom is -0.504 e. The van der Waals surface area contributed by atoms with E-state index in [2.05, 4.69) is 0 Å². The first-order valence-corrected chi connectivity index (χ1v) is 10.3. The Morgan fingerprint density at radius 3 is 2.45 bits per heavy atom. The molecule has 0 saturated carbocycles. The Balaban J connectivity index is 1.49. The molecule has 3 saturated heterocycles. The van der Waals surface area contributed by atoms with Crippen LogP contribution in [0.2, 0.25) is 0 Å². The highest BCUT2D eigenvalue weighted by molar-refractivity contribution is 5.46. The first kappa shape index (κ1) is 24.5. The molecular weight excluding hydrogens is 448 g/mol. The van der Waals surface area contributed by atoms with Gasteiger partial charge in [-0.15, -0.1) is 0 Å². The normalized spacial score (nSPS) is 43.3. The molecule has 186 valence electrons. The molecule has 3 fully saturated rings. The van der Waals surface area contributed by atoms with Gasteiger partial charge >= 0.3 is 0 Å². The lowest BCUT2D eigenvalue weighted by molar-refractivity contribution is -0.406. The van der Waals surface area contributed by atoms with Crippen LogP contribution in [0.3, 0.4) is 0 Å². The van der Waals surface area contributed by atoms with Gasteiger partial charge in [0.05, 0.1) is 25.9 Å². The van der Waals surface area contributed by atoms with Crippen molar-refractivity contribution in [2.75, 3.05) is 26.9 Å². The lowest BCUT2D eigenvalue weighted by Gasteiger charge is -2.47.